The van der Waals surface area contributed by atoms with Crippen LogP contribution in [0.5, 0.6) is 0 Å². The fourth-order valence-electron chi connectivity index (χ4n) is 0.763. The van der Waals surface area contributed by atoms with Gasteiger partial charge in [-0.25, -0.2) is 0 Å². The fourth-order valence-corrected chi connectivity index (χ4v) is 0.763. The average molecular weight is 181 g/mol. The third-order valence-corrected chi connectivity index (χ3v) is 1.35. The second-order valence-electron chi connectivity index (χ2n) is 2.36. The lowest BCUT2D eigenvalue weighted by atomic mass is 10.4. The van der Waals surface area contributed by atoms with Crippen molar-refractivity contribution in [2.75, 3.05) is 13.2 Å². The SMILES string of the molecule is O=C(C=Cc1ccn[nH]1)NCCO. The van der Waals surface area contributed by atoms with Crippen molar-refractivity contribution >= 4 is 12.0 Å². The maximum absolute atomic E-state index is 11.0. The molecule has 0 unspecified atom stereocenters. The fraction of sp³-hybridized carbons (Fsp3) is 0.250. The molecule has 5 nitrogen and oxygen atoms in total. The van der Waals surface area contributed by atoms with Gasteiger partial charge in [-0.3, -0.25) is 9.89 Å². The number of rotatable bonds is 4. The number of aliphatic hydroxyl groups excluding tert-OH is 1. The maximum Gasteiger partial charge on any atom is 0.244 e. The van der Waals surface area contributed by atoms with Gasteiger partial charge >= 0.3 is 0 Å². The van der Waals surface area contributed by atoms with E-state index in [0.717, 1.165) is 5.69 Å². The molecule has 13 heavy (non-hydrogen) atoms. The van der Waals surface area contributed by atoms with E-state index in [-0.39, 0.29) is 19.1 Å². The van der Waals surface area contributed by atoms with Gasteiger partial charge in [-0.1, -0.05) is 0 Å². The minimum atomic E-state index is -0.233. The molecule has 0 aromatic carbocycles. The standard InChI is InChI=1S/C8H11N3O2/c12-6-5-9-8(13)2-1-7-3-4-10-11-7/h1-4,12H,5-6H2,(H,9,13)(H,10,11). The van der Waals surface area contributed by atoms with E-state index in [2.05, 4.69) is 15.5 Å². The van der Waals surface area contributed by atoms with E-state index >= 15 is 0 Å². The highest BCUT2D eigenvalue weighted by atomic mass is 16.3. The summed E-state index contributed by atoms with van der Waals surface area (Å²) >= 11 is 0. The molecule has 0 fully saturated rings. The van der Waals surface area contributed by atoms with Gasteiger partial charge in [-0.05, 0) is 12.1 Å². The first kappa shape index (κ1) is 9.47. The summed E-state index contributed by atoms with van der Waals surface area (Å²) in [4.78, 5) is 11.0. The van der Waals surface area contributed by atoms with Crippen molar-refractivity contribution in [2.24, 2.45) is 0 Å². The Kier molecular flexibility index (Phi) is 3.72. The number of carbonyl (C=O) groups is 1. The molecule has 0 spiro atoms. The van der Waals surface area contributed by atoms with Crippen LogP contribution in [0.1, 0.15) is 5.69 Å². The molecule has 0 aliphatic rings. The molecule has 3 N–H and O–H groups in total. The Hall–Kier alpha value is -1.62. The minimum absolute atomic E-state index is 0.0519. The average Bonchev–Trinajstić information content (AvgIpc) is 2.64. The zero-order valence-electron chi connectivity index (χ0n) is 7.03. The first-order valence-corrected chi connectivity index (χ1v) is 3.89. The molecule has 0 aliphatic carbocycles. The van der Waals surface area contributed by atoms with Gasteiger partial charge in [0, 0.05) is 18.8 Å². The molecule has 0 bridgehead atoms. The Morgan fingerprint density at radius 2 is 2.62 bits per heavy atom. The van der Waals surface area contributed by atoms with Gasteiger partial charge in [0.2, 0.25) is 5.91 Å². The smallest absolute Gasteiger partial charge is 0.244 e. The topological polar surface area (TPSA) is 78.0 Å². The molecular formula is C8H11N3O2. The number of aromatic amines is 1. The van der Waals surface area contributed by atoms with E-state index in [9.17, 15) is 4.79 Å². The molecule has 1 aromatic heterocycles. The summed E-state index contributed by atoms with van der Waals surface area (Å²) in [6.07, 6.45) is 4.59. The lowest BCUT2D eigenvalue weighted by Gasteiger charge is -1.95. The van der Waals surface area contributed by atoms with Crippen molar-refractivity contribution in [3.63, 3.8) is 0 Å². The third kappa shape index (κ3) is 3.53. The van der Waals surface area contributed by atoms with Gasteiger partial charge in [0.25, 0.3) is 0 Å². The van der Waals surface area contributed by atoms with Crippen LogP contribution in [0.15, 0.2) is 18.3 Å². The molecule has 70 valence electrons. The highest BCUT2D eigenvalue weighted by Gasteiger charge is 1.92. The maximum atomic E-state index is 11.0. The first-order chi connectivity index (χ1) is 6.33. The Morgan fingerprint density at radius 1 is 1.77 bits per heavy atom. The van der Waals surface area contributed by atoms with Crippen LogP contribution in [0.3, 0.4) is 0 Å². The second kappa shape index (κ2) is 5.10. The van der Waals surface area contributed by atoms with Crippen LogP contribution in [0.25, 0.3) is 6.08 Å². The van der Waals surface area contributed by atoms with Gasteiger partial charge in [-0.15, -0.1) is 0 Å². The highest BCUT2D eigenvalue weighted by Crippen LogP contribution is 1.93. The minimum Gasteiger partial charge on any atom is -0.395 e. The van der Waals surface area contributed by atoms with Crippen molar-refractivity contribution in [1.29, 1.82) is 0 Å². The zero-order valence-corrected chi connectivity index (χ0v) is 7.03. The third-order valence-electron chi connectivity index (χ3n) is 1.35. The Bertz CT molecular complexity index is 280. The van der Waals surface area contributed by atoms with Crippen LogP contribution >= 0.6 is 0 Å². The van der Waals surface area contributed by atoms with E-state index in [1.54, 1.807) is 18.3 Å². The lowest BCUT2D eigenvalue weighted by molar-refractivity contribution is -0.116. The molecule has 1 amide bonds. The van der Waals surface area contributed by atoms with Gasteiger partial charge < -0.3 is 10.4 Å². The van der Waals surface area contributed by atoms with Crippen molar-refractivity contribution in [3.8, 4) is 0 Å². The molecule has 0 atom stereocenters. The normalized spacial score (nSPS) is 10.5. The summed E-state index contributed by atoms with van der Waals surface area (Å²) in [7, 11) is 0. The van der Waals surface area contributed by atoms with E-state index < -0.39 is 0 Å². The Morgan fingerprint density at radius 3 is 3.23 bits per heavy atom. The van der Waals surface area contributed by atoms with E-state index in [4.69, 9.17) is 5.11 Å². The van der Waals surface area contributed by atoms with Crippen molar-refractivity contribution in [3.05, 3.63) is 24.0 Å². The predicted molar refractivity (Wildman–Crippen MR) is 47.7 cm³/mol. The summed E-state index contributed by atoms with van der Waals surface area (Å²) in [5, 5.41) is 17.3. The van der Waals surface area contributed by atoms with Crippen LogP contribution in [0.2, 0.25) is 0 Å². The summed E-state index contributed by atoms with van der Waals surface area (Å²) in [5.41, 5.74) is 0.763. The number of nitrogens with zero attached hydrogens (tertiary/aromatic N) is 1. The largest absolute Gasteiger partial charge is 0.395 e. The number of hydrogen-bond donors (Lipinski definition) is 3. The number of nitrogens with one attached hydrogen (secondary N) is 2. The van der Waals surface area contributed by atoms with E-state index in [1.807, 2.05) is 0 Å². The molecule has 0 saturated heterocycles. The number of aromatic nitrogens is 2. The van der Waals surface area contributed by atoms with Crippen LogP contribution in [-0.4, -0.2) is 34.4 Å². The van der Waals surface area contributed by atoms with E-state index in [0.29, 0.717) is 0 Å². The van der Waals surface area contributed by atoms with Crippen LogP contribution < -0.4 is 5.32 Å². The first-order valence-electron chi connectivity index (χ1n) is 3.89. The number of carbonyl (C=O) groups excluding carboxylic acids is 1. The van der Waals surface area contributed by atoms with E-state index in [1.165, 1.54) is 6.08 Å². The molecule has 1 heterocycles. The molecule has 0 radical (unpaired) electrons. The highest BCUT2D eigenvalue weighted by molar-refractivity contribution is 5.91. The molecule has 0 saturated carbocycles. The summed E-state index contributed by atoms with van der Waals surface area (Å²) in [6, 6.07) is 1.75. The number of H-pyrrole nitrogens is 1. The van der Waals surface area contributed by atoms with Crippen molar-refractivity contribution in [2.45, 2.75) is 0 Å². The Labute approximate surface area is 75.5 Å². The summed E-state index contributed by atoms with van der Waals surface area (Å²) in [6.45, 7) is 0.218. The van der Waals surface area contributed by atoms with Crippen LogP contribution in [0.4, 0.5) is 0 Å². The number of aliphatic hydroxyl groups is 1. The van der Waals surface area contributed by atoms with Gasteiger partial charge in [0.05, 0.1) is 12.3 Å². The Balaban J connectivity index is 2.35. The van der Waals surface area contributed by atoms with Gasteiger partial charge in [-0.2, -0.15) is 5.10 Å². The lowest BCUT2D eigenvalue weighted by Crippen LogP contribution is -2.24. The van der Waals surface area contributed by atoms with Crippen molar-refractivity contribution in [1.82, 2.24) is 15.5 Å². The molecule has 1 rings (SSSR count). The summed E-state index contributed by atoms with van der Waals surface area (Å²) in [5.74, 6) is -0.233. The van der Waals surface area contributed by atoms with Gasteiger partial charge in [0.1, 0.15) is 0 Å². The monoisotopic (exact) mass is 181 g/mol. The number of amides is 1. The second-order valence-corrected chi connectivity index (χ2v) is 2.36. The molecule has 0 aliphatic heterocycles. The van der Waals surface area contributed by atoms with Crippen molar-refractivity contribution < 1.29 is 9.90 Å². The van der Waals surface area contributed by atoms with Crippen LogP contribution in [-0.2, 0) is 4.79 Å². The number of hydrogen-bond acceptors (Lipinski definition) is 3. The quantitative estimate of drug-likeness (QED) is 0.549. The molecular weight excluding hydrogens is 170 g/mol. The summed E-state index contributed by atoms with van der Waals surface area (Å²) < 4.78 is 0. The zero-order chi connectivity index (χ0) is 9.52. The molecule has 1 aromatic rings. The predicted octanol–water partition coefficient (Wildman–Crippen LogP) is -0.469. The van der Waals surface area contributed by atoms with Crippen LogP contribution in [0, 0.1) is 0 Å². The molecule has 5 heteroatoms. The van der Waals surface area contributed by atoms with Gasteiger partial charge in [0.15, 0.2) is 0 Å².